The summed E-state index contributed by atoms with van der Waals surface area (Å²) in [5, 5.41) is 11.2. The largest absolute Gasteiger partial charge is 0.527 e. The smallest absolute Gasteiger partial charge is 0.470 e. The zero-order chi connectivity index (χ0) is 27.1. The van der Waals surface area contributed by atoms with E-state index >= 15 is 0 Å². The average Bonchev–Trinajstić information content (AvgIpc) is 2.94. The number of rotatable bonds is 11. The third-order valence-corrected chi connectivity index (χ3v) is 9.25. The van der Waals surface area contributed by atoms with Gasteiger partial charge in [-0.1, -0.05) is 81.4 Å². The molecule has 10 atom stereocenters. The lowest BCUT2D eigenvalue weighted by atomic mass is 9.88. The lowest BCUT2D eigenvalue weighted by Crippen LogP contribution is -2.61. The molecule has 4 unspecified atom stereocenters. The predicted molar refractivity (Wildman–Crippen MR) is 155 cm³/mol. The first-order chi connectivity index (χ1) is 18.4. The molecule has 2 saturated heterocycles. The molecule has 0 amide bonds. The fourth-order valence-electron chi connectivity index (χ4n) is 5.28. The summed E-state index contributed by atoms with van der Waals surface area (Å²) in [6.45, 7) is 9.15. The fourth-order valence-corrected chi connectivity index (χ4v) is 6.74. The van der Waals surface area contributed by atoms with Crippen LogP contribution in [-0.4, -0.2) is 66.6 Å². The summed E-state index contributed by atoms with van der Waals surface area (Å²) in [5.41, 5.74) is 2.16. The third-order valence-electron chi connectivity index (χ3n) is 7.72. The molecule has 2 aliphatic rings. The Kier molecular flexibility index (Phi) is 11.9. The van der Waals surface area contributed by atoms with Gasteiger partial charge in [-0.05, 0) is 24.5 Å². The zero-order valence-electron chi connectivity index (χ0n) is 22.7. The SMILES string of the molecule is CCC1O[C@@H](O[C@@H]2C(O)[C@H]([O][AlH][I])OC(C)[C@@H]2C)C(OCc2ccccc2)[C@@H](OCc2ccccc2)[C@@H]1C. The van der Waals surface area contributed by atoms with Gasteiger partial charge in [0.2, 0.25) is 0 Å². The molecule has 2 aliphatic heterocycles. The summed E-state index contributed by atoms with van der Waals surface area (Å²) < 4.78 is 38.1. The van der Waals surface area contributed by atoms with E-state index in [1.807, 2.05) is 62.4 Å². The van der Waals surface area contributed by atoms with Crippen molar-refractivity contribution in [3.8, 4) is 0 Å². The Bertz CT molecular complexity index is 954. The molecule has 0 radical (unpaired) electrons. The molecular formula is C29H40AlIO7. The standard InChI is InChI=1S/C29H39O7.Al.HI.H/c1-5-23-19(3)26(32-16-21-12-8-6-9-13-21)27(33-17-22-14-10-7-11-15-22)29(35-23)36-25-18(2)20(4)34-28(31)24(25)30;;;/h6-15,18-20,23-30H,5,16-17H2,1-4H3;;1H;/q-1;+2;;/p-1/t18-,19+,20?,23?,24?,25-,26-,27?,28+,29-;;;/m0.../s1. The molecule has 2 aromatic carbocycles. The van der Waals surface area contributed by atoms with Crippen molar-refractivity contribution in [2.75, 3.05) is 0 Å². The van der Waals surface area contributed by atoms with Gasteiger partial charge in [0.05, 0.1) is 37.6 Å². The molecule has 4 rings (SSSR count). The number of hydrogen-bond donors (Lipinski definition) is 1. The summed E-state index contributed by atoms with van der Waals surface area (Å²) >= 11 is 1.43. The highest BCUT2D eigenvalue weighted by Crippen LogP contribution is 2.37. The topological polar surface area (TPSA) is 75.6 Å². The van der Waals surface area contributed by atoms with Gasteiger partial charge >= 0.3 is 12.3 Å². The Hall–Kier alpha value is -0.578. The Morgan fingerprint density at radius 2 is 1.37 bits per heavy atom. The Morgan fingerprint density at radius 1 is 0.789 bits per heavy atom. The van der Waals surface area contributed by atoms with E-state index in [1.54, 1.807) is 0 Å². The lowest BCUT2D eigenvalue weighted by Gasteiger charge is -2.49. The highest BCUT2D eigenvalue weighted by molar-refractivity contribution is 14.1. The van der Waals surface area contributed by atoms with E-state index in [4.69, 9.17) is 27.5 Å². The van der Waals surface area contributed by atoms with E-state index < -0.39 is 43.2 Å². The molecule has 38 heavy (non-hydrogen) atoms. The van der Waals surface area contributed by atoms with Crippen molar-refractivity contribution in [3.63, 3.8) is 0 Å². The molecule has 0 aromatic heterocycles. The number of halogens is 1. The fraction of sp³-hybridized carbons (Fsp3) is 0.586. The highest BCUT2D eigenvalue weighted by Gasteiger charge is 2.50. The second-order valence-electron chi connectivity index (χ2n) is 10.3. The van der Waals surface area contributed by atoms with Gasteiger partial charge in [0.25, 0.3) is 0 Å². The molecule has 7 nitrogen and oxygen atoms in total. The van der Waals surface area contributed by atoms with Crippen molar-refractivity contribution >= 4 is 32.5 Å². The zero-order valence-corrected chi connectivity index (χ0v) is 26.2. The quantitative estimate of drug-likeness (QED) is 0.277. The maximum absolute atomic E-state index is 11.2. The van der Waals surface area contributed by atoms with E-state index in [0.717, 1.165) is 17.5 Å². The molecule has 2 aromatic rings. The Labute approximate surface area is 244 Å². The average molecular weight is 655 g/mol. The van der Waals surface area contributed by atoms with E-state index in [0.29, 0.717) is 13.2 Å². The van der Waals surface area contributed by atoms with Crippen molar-refractivity contribution in [1.82, 2.24) is 0 Å². The van der Waals surface area contributed by atoms with Crippen LogP contribution in [0.15, 0.2) is 60.7 Å². The van der Waals surface area contributed by atoms with Gasteiger partial charge in [-0.3, -0.25) is 0 Å². The molecule has 2 heterocycles. The first kappa shape index (κ1) is 30.4. The summed E-state index contributed by atoms with van der Waals surface area (Å²) in [7, 11) is 0. The maximum Gasteiger partial charge on any atom is 0.527 e. The molecule has 0 aliphatic carbocycles. The summed E-state index contributed by atoms with van der Waals surface area (Å²) in [6, 6.07) is 20.2. The monoisotopic (exact) mass is 654 g/mol. The van der Waals surface area contributed by atoms with E-state index in [-0.39, 0.29) is 30.1 Å². The molecule has 1 N–H and O–H groups in total. The molecule has 0 saturated carbocycles. The summed E-state index contributed by atoms with van der Waals surface area (Å²) in [5.74, 6) is 0.0172. The summed E-state index contributed by atoms with van der Waals surface area (Å²) in [6.07, 6.45) is -3.03. The van der Waals surface area contributed by atoms with Crippen LogP contribution >= 0.6 is 20.3 Å². The lowest BCUT2D eigenvalue weighted by molar-refractivity contribution is -0.346. The van der Waals surface area contributed by atoms with Crippen LogP contribution in [0, 0.1) is 11.8 Å². The molecule has 2 fully saturated rings. The second kappa shape index (κ2) is 14.9. The highest BCUT2D eigenvalue weighted by atomic mass is 127. The first-order valence-electron chi connectivity index (χ1n) is 13.6. The summed E-state index contributed by atoms with van der Waals surface area (Å²) in [4.78, 5) is 0. The van der Waals surface area contributed by atoms with Crippen LogP contribution in [0.1, 0.15) is 45.2 Å². The van der Waals surface area contributed by atoms with Gasteiger partial charge in [0.1, 0.15) is 12.2 Å². The molecule has 0 spiro atoms. The number of hydrogen-bond acceptors (Lipinski definition) is 7. The minimum Gasteiger partial charge on any atom is -0.470 e. The van der Waals surface area contributed by atoms with Gasteiger partial charge in [-0.25, -0.2) is 0 Å². The number of benzene rings is 2. The Balaban J connectivity index is 1.59. The third kappa shape index (κ3) is 7.58. The maximum atomic E-state index is 11.2. The number of aliphatic hydroxyl groups is 1. The predicted octanol–water partition coefficient (Wildman–Crippen LogP) is 4.77. The van der Waals surface area contributed by atoms with Gasteiger partial charge in [0, 0.05) is 11.8 Å². The minimum absolute atomic E-state index is 0.0674. The first-order valence-corrected chi connectivity index (χ1v) is 19.2. The normalized spacial score (nSPS) is 35.6. The van der Waals surface area contributed by atoms with Crippen LogP contribution in [0.4, 0.5) is 0 Å². The second-order valence-corrected chi connectivity index (χ2v) is 12.7. The van der Waals surface area contributed by atoms with E-state index in [9.17, 15) is 5.11 Å². The number of ether oxygens (including phenoxy) is 5. The van der Waals surface area contributed by atoms with E-state index in [2.05, 4.69) is 46.3 Å². The van der Waals surface area contributed by atoms with Crippen molar-refractivity contribution < 1.29 is 32.6 Å². The van der Waals surface area contributed by atoms with Crippen molar-refractivity contribution in [2.24, 2.45) is 11.8 Å². The Morgan fingerprint density at radius 3 is 1.92 bits per heavy atom. The van der Waals surface area contributed by atoms with Crippen LogP contribution in [0.5, 0.6) is 0 Å². The number of aliphatic hydroxyl groups excluding tert-OH is 1. The van der Waals surface area contributed by atoms with Crippen LogP contribution in [0.3, 0.4) is 0 Å². The van der Waals surface area contributed by atoms with Crippen LogP contribution < -0.4 is 0 Å². The van der Waals surface area contributed by atoms with Gasteiger partial charge in [0.15, 0.2) is 12.6 Å². The molecule has 208 valence electrons. The van der Waals surface area contributed by atoms with Gasteiger partial charge < -0.3 is 32.6 Å². The van der Waals surface area contributed by atoms with Crippen molar-refractivity contribution in [2.45, 2.75) is 96.5 Å². The van der Waals surface area contributed by atoms with Gasteiger partial charge in [-0.2, -0.15) is 20.3 Å². The van der Waals surface area contributed by atoms with Gasteiger partial charge in [-0.15, -0.1) is 0 Å². The molecule has 9 heteroatoms. The van der Waals surface area contributed by atoms with Crippen LogP contribution in [0.25, 0.3) is 0 Å². The van der Waals surface area contributed by atoms with Crippen LogP contribution in [0.2, 0.25) is 0 Å². The van der Waals surface area contributed by atoms with Crippen LogP contribution in [-0.2, 0) is 40.7 Å². The van der Waals surface area contributed by atoms with E-state index in [1.165, 1.54) is 0 Å². The molecular weight excluding hydrogens is 614 g/mol. The molecule has 0 bridgehead atoms. The minimum atomic E-state index is -0.926. The van der Waals surface area contributed by atoms with Crippen molar-refractivity contribution in [1.29, 1.82) is 0 Å². The van der Waals surface area contributed by atoms with Crippen molar-refractivity contribution in [3.05, 3.63) is 71.8 Å².